The largest absolute Gasteiger partial charge is 0.469 e. The molecule has 0 bridgehead atoms. The monoisotopic (exact) mass is 353 g/mol. The molecule has 0 amide bonds. The van der Waals surface area contributed by atoms with Crippen molar-refractivity contribution in [2.24, 2.45) is 0 Å². The van der Waals surface area contributed by atoms with Crippen LogP contribution in [-0.2, 0) is 12.8 Å². The fourth-order valence-corrected chi connectivity index (χ4v) is 2.91. The van der Waals surface area contributed by atoms with E-state index >= 15 is 0 Å². The van der Waals surface area contributed by atoms with Gasteiger partial charge in [0.2, 0.25) is 0 Å². The van der Waals surface area contributed by atoms with E-state index in [9.17, 15) is 4.39 Å². The molecule has 2 aromatic rings. The molecule has 1 aromatic heterocycles. The van der Waals surface area contributed by atoms with Crippen molar-refractivity contribution in [3.63, 3.8) is 0 Å². The summed E-state index contributed by atoms with van der Waals surface area (Å²) in [7, 11) is 0. The Labute approximate surface area is 133 Å². The summed E-state index contributed by atoms with van der Waals surface area (Å²) in [6.45, 7) is 5.14. The molecule has 1 heterocycles. The predicted octanol–water partition coefficient (Wildman–Crippen LogP) is 5.03. The van der Waals surface area contributed by atoms with Crippen molar-refractivity contribution >= 4 is 15.9 Å². The van der Waals surface area contributed by atoms with E-state index in [0.717, 1.165) is 37.1 Å². The molecule has 1 N–H and O–H groups in total. The lowest BCUT2D eigenvalue weighted by molar-refractivity contribution is 0.480. The molecule has 1 atom stereocenters. The van der Waals surface area contributed by atoms with Gasteiger partial charge in [0.1, 0.15) is 11.6 Å². The molecule has 0 saturated carbocycles. The summed E-state index contributed by atoms with van der Waals surface area (Å²) < 4.78 is 19.8. The Bertz CT molecular complexity index is 582. The van der Waals surface area contributed by atoms with Gasteiger partial charge in [0.25, 0.3) is 0 Å². The smallest absolute Gasteiger partial charge is 0.137 e. The van der Waals surface area contributed by atoms with Gasteiger partial charge in [-0.1, -0.05) is 26.0 Å². The molecular formula is C17H21BrFNO. The molecule has 0 saturated heterocycles. The molecule has 1 aromatic carbocycles. The minimum atomic E-state index is -0.218. The first kappa shape index (κ1) is 16.2. The lowest BCUT2D eigenvalue weighted by atomic mass is 9.98. The van der Waals surface area contributed by atoms with Gasteiger partial charge in [-0.25, -0.2) is 4.39 Å². The Hall–Kier alpha value is -1.13. The molecule has 0 aliphatic heterocycles. The second-order valence-electron chi connectivity index (χ2n) is 5.08. The van der Waals surface area contributed by atoms with Gasteiger partial charge in [-0.2, -0.15) is 0 Å². The molecule has 114 valence electrons. The fraction of sp³-hybridized carbons (Fsp3) is 0.412. The summed E-state index contributed by atoms with van der Waals surface area (Å²) in [5.41, 5.74) is 2.13. The Balaban J connectivity index is 2.26. The van der Waals surface area contributed by atoms with Crippen molar-refractivity contribution in [2.75, 3.05) is 6.54 Å². The third-order valence-corrected chi connectivity index (χ3v) is 4.46. The Kier molecular flexibility index (Phi) is 6.00. The van der Waals surface area contributed by atoms with E-state index < -0.39 is 0 Å². The zero-order valence-electron chi connectivity index (χ0n) is 12.5. The number of hydrogen-bond donors (Lipinski definition) is 1. The van der Waals surface area contributed by atoms with Crippen molar-refractivity contribution < 1.29 is 8.81 Å². The van der Waals surface area contributed by atoms with Crippen LogP contribution in [0, 0.1) is 5.82 Å². The van der Waals surface area contributed by atoms with Gasteiger partial charge >= 0.3 is 0 Å². The molecule has 0 aliphatic rings. The van der Waals surface area contributed by atoms with Gasteiger partial charge in [-0.05, 0) is 53.0 Å². The molecule has 21 heavy (non-hydrogen) atoms. The average molecular weight is 354 g/mol. The van der Waals surface area contributed by atoms with Crippen LogP contribution in [0.1, 0.15) is 43.2 Å². The van der Waals surface area contributed by atoms with Gasteiger partial charge < -0.3 is 9.73 Å². The Morgan fingerprint density at radius 2 is 2.10 bits per heavy atom. The van der Waals surface area contributed by atoms with Gasteiger partial charge in [0.05, 0.1) is 10.7 Å². The normalized spacial score (nSPS) is 12.6. The van der Waals surface area contributed by atoms with E-state index in [2.05, 4.69) is 35.1 Å². The SMILES string of the molecule is CCCNC(Cc1cccc(F)c1Br)c1ccoc1CC. The summed E-state index contributed by atoms with van der Waals surface area (Å²) in [5, 5.41) is 3.54. The maximum atomic E-state index is 13.7. The molecule has 0 aliphatic carbocycles. The van der Waals surface area contributed by atoms with Gasteiger partial charge in [0, 0.05) is 18.0 Å². The van der Waals surface area contributed by atoms with Crippen LogP contribution in [0.2, 0.25) is 0 Å². The second kappa shape index (κ2) is 7.76. The Morgan fingerprint density at radius 3 is 2.81 bits per heavy atom. The number of nitrogens with one attached hydrogen (secondary N) is 1. The number of rotatable bonds is 7. The number of furan rings is 1. The number of halogens is 2. The van der Waals surface area contributed by atoms with E-state index in [-0.39, 0.29) is 11.9 Å². The topological polar surface area (TPSA) is 25.2 Å². The predicted molar refractivity (Wildman–Crippen MR) is 86.9 cm³/mol. The van der Waals surface area contributed by atoms with E-state index in [1.807, 2.05) is 12.1 Å². The van der Waals surface area contributed by atoms with Crippen LogP contribution in [0.5, 0.6) is 0 Å². The van der Waals surface area contributed by atoms with Crippen molar-refractivity contribution in [3.05, 3.63) is 57.7 Å². The minimum Gasteiger partial charge on any atom is -0.469 e. The van der Waals surface area contributed by atoms with Crippen LogP contribution in [0.25, 0.3) is 0 Å². The lowest BCUT2D eigenvalue weighted by Gasteiger charge is -2.19. The summed E-state index contributed by atoms with van der Waals surface area (Å²) in [6, 6.07) is 7.33. The number of benzene rings is 1. The molecule has 0 fully saturated rings. The van der Waals surface area contributed by atoms with Crippen LogP contribution in [-0.4, -0.2) is 6.54 Å². The first-order valence-corrected chi connectivity index (χ1v) is 8.19. The number of hydrogen-bond acceptors (Lipinski definition) is 2. The standard InChI is InChI=1S/C17H21BrFNO/c1-3-9-20-15(13-8-10-21-16(13)4-2)11-12-6-5-7-14(19)17(12)18/h5-8,10,15,20H,3-4,9,11H2,1-2H3. The van der Waals surface area contributed by atoms with Crippen LogP contribution in [0.4, 0.5) is 4.39 Å². The van der Waals surface area contributed by atoms with Gasteiger partial charge in [0.15, 0.2) is 0 Å². The van der Waals surface area contributed by atoms with Crippen molar-refractivity contribution in [2.45, 2.75) is 39.2 Å². The quantitative estimate of drug-likeness (QED) is 0.755. The van der Waals surface area contributed by atoms with E-state index in [1.165, 1.54) is 11.6 Å². The highest BCUT2D eigenvalue weighted by Crippen LogP contribution is 2.28. The highest BCUT2D eigenvalue weighted by molar-refractivity contribution is 9.10. The zero-order chi connectivity index (χ0) is 15.2. The Morgan fingerprint density at radius 1 is 1.29 bits per heavy atom. The van der Waals surface area contributed by atoms with Crippen LogP contribution < -0.4 is 5.32 Å². The van der Waals surface area contributed by atoms with E-state index in [1.54, 1.807) is 12.3 Å². The fourth-order valence-electron chi connectivity index (χ4n) is 2.49. The van der Waals surface area contributed by atoms with Gasteiger partial charge in [-0.3, -0.25) is 0 Å². The lowest BCUT2D eigenvalue weighted by Crippen LogP contribution is -2.24. The van der Waals surface area contributed by atoms with Crippen LogP contribution >= 0.6 is 15.9 Å². The summed E-state index contributed by atoms with van der Waals surface area (Å²) in [5.74, 6) is 0.778. The molecule has 2 rings (SSSR count). The van der Waals surface area contributed by atoms with Crippen molar-refractivity contribution in [1.29, 1.82) is 0 Å². The van der Waals surface area contributed by atoms with Gasteiger partial charge in [-0.15, -0.1) is 0 Å². The van der Waals surface area contributed by atoms with Crippen molar-refractivity contribution in [3.8, 4) is 0 Å². The minimum absolute atomic E-state index is 0.136. The third kappa shape index (κ3) is 3.95. The number of aryl methyl sites for hydroxylation is 1. The average Bonchev–Trinajstić information content (AvgIpc) is 2.96. The van der Waals surface area contributed by atoms with Crippen LogP contribution in [0.3, 0.4) is 0 Å². The zero-order valence-corrected chi connectivity index (χ0v) is 14.0. The first-order chi connectivity index (χ1) is 10.2. The van der Waals surface area contributed by atoms with E-state index in [0.29, 0.717) is 4.47 Å². The second-order valence-corrected chi connectivity index (χ2v) is 5.87. The highest BCUT2D eigenvalue weighted by atomic mass is 79.9. The summed E-state index contributed by atoms with van der Waals surface area (Å²) >= 11 is 3.35. The highest BCUT2D eigenvalue weighted by Gasteiger charge is 2.19. The summed E-state index contributed by atoms with van der Waals surface area (Å²) in [4.78, 5) is 0. The molecular weight excluding hydrogens is 333 g/mol. The summed E-state index contributed by atoms with van der Waals surface area (Å²) in [6.07, 6.45) is 4.37. The molecule has 2 nitrogen and oxygen atoms in total. The van der Waals surface area contributed by atoms with E-state index in [4.69, 9.17) is 4.42 Å². The third-order valence-electron chi connectivity index (χ3n) is 3.57. The van der Waals surface area contributed by atoms with Crippen molar-refractivity contribution in [1.82, 2.24) is 5.32 Å². The maximum absolute atomic E-state index is 13.7. The molecule has 0 radical (unpaired) electrons. The molecule has 0 spiro atoms. The first-order valence-electron chi connectivity index (χ1n) is 7.39. The van der Waals surface area contributed by atoms with Crippen LogP contribution in [0.15, 0.2) is 39.4 Å². The maximum Gasteiger partial charge on any atom is 0.137 e. The molecule has 1 unspecified atom stereocenters. The molecule has 4 heteroatoms.